The van der Waals surface area contributed by atoms with Crippen LogP contribution in [0.25, 0.3) is 12.2 Å². The molecule has 3 heteroatoms. The van der Waals surface area contributed by atoms with Crippen molar-refractivity contribution in [2.75, 3.05) is 0 Å². The molecule has 0 spiro atoms. The summed E-state index contributed by atoms with van der Waals surface area (Å²) in [6.45, 7) is 6.12. The molecule has 5 aromatic carbocycles. The minimum Gasteiger partial charge on any atom is -0.227 e. The van der Waals surface area contributed by atoms with Crippen molar-refractivity contribution in [2.45, 2.75) is 31.3 Å². The number of sulfone groups is 1. The van der Waals surface area contributed by atoms with Gasteiger partial charge in [0.25, 0.3) is 0 Å². The minimum atomic E-state index is -3.70. The van der Waals surface area contributed by atoms with Crippen LogP contribution < -0.4 is 0 Å². The van der Waals surface area contributed by atoms with E-state index in [0.29, 0.717) is 0 Å². The third kappa shape index (κ3) is 9.04. The van der Waals surface area contributed by atoms with Gasteiger partial charge in [-0.1, -0.05) is 168 Å². The van der Waals surface area contributed by atoms with E-state index in [1.807, 2.05) is 179 Å². The maximum Gasteiger partial charge on any atom is 0.171 e. The molecule has 2 unspecified atom stereocenters. The molecule has 0 radical (unpaired) electrons. The standard InChI is InChI=1S/C32H30O2S.C9H8/c1-25-13-17-27(18-14-25)21-23-31(29-9-5-3-6-10-29)35(33,34)32(30-11-7-4-8-12-30)24-22-28-19-15-26(2)16-20-28;1-3-9-6-4-8(2)5-7-9/h3-24,31-32H,1-2H3;1,4-7H,2H3/b23-21-,24-22-;. The molecule has 0 saturated heterocycles. The van der Waals surface area contributed by atoms with Crippen molar-refractivity contribution in [2.24, 2.45) is 0 Å². The number of benzene rings is 5. The summed E-state index contributed by atoms with van der Waals surface area (Å²) in [5, 5.41) is -1.59. The van der Waals surface area contributed by atoms with Gasteiger partial charge in [-0.3, -0.25) is 0 Å². The Labute approximate surface area is 263 Å². The summed E-state index contributed by atoms with van der Waals surface area (Å²) in [6, 6.07) is 42.9. The van der Waals surface area contributed by atoms with Gasteiger partial charge in [0.1, 0.15) is 10.5 Å². The monoisotopic (exact) mass is 594 g/mol. The second kappa shape index (κ2) is 15.5. The first-order valence-electron chi connectivity index (χ1n) is 14.6. The fourth-order valence-electron chi connectivity index (χ4n) is 4.67. The number of terminal acetylenes is 1. The lowest BCUT2D eigenvalue weighted by atomic mass is 10.1. The van der Waals surface area contributed by atoms with E-state index < -0.39 is 20.3 Å². The highest BCUT2D eigenvalue weighted by Crippen LogP contribution is 2.37. The van der Waals surface area contributed by atoms with Crippen LogP contribution in [0.4, 0.5) is 0 Å². The SMILES string of the molecule is C#Cc1ccc(C)cc1.Cc1ccc(/C=C\C(c2ccccc2)S(=O)(=O)C(/C=C\c2ccc(C)cc2)c2ccccc2)cc1. The summed E-state index contributed by atoms with van der Waals surface area (Å²) in [4.78, 5) is 0. The van der Waals surface area contributed by atoms with Gasteiger partial charge in [-0.25, -0.2) is 8.42 Å². The zero-order valence-electron chi connectivity index (χ0n) is 25.5. The largest absolute Gasteiger partial charge is 0.227 e. The molecular weight excluding hydrogens is 557 g/mol. The lowest BCUT2D eigenvalue weighted by Gasteiger charge is -2.21. The van der Waals surface area contributed by atoms with E-state index in [1.54, 1.807) is 0 Å². The van der Waals surface area contributed by atoms with Gasteiger partial charge < -0.3 is 0 Å². The van der Waals surface area contributed by atoms with E-state index in [-0.39, 0.29) is 0 Å². The molecular formula is C41H38O2S. The van der Waals surface area contributed by atoms with Gasteiger partial charge in [-0.05, 0) is 55.2 Å². The molecule has 220 valence electrons. The average molecular weight is 595 g/mol. The van der Waals surface area contributed by atoms with Crippen LogP contribution in [-0.2, 0) is 9.84 Å². The fraction of sp³-hybridized carbons (Fsp3) is 0.122. The molecule has 44 heavy (non-hydrogen) atoms. The number of hydrogen-bond acceptors (Lipinski definition) is 2. The quantitative estimate of drug-likeness (QED) is 0.168. The molecule has 0 amide bonds. The van der Waals surface area contributed by atoms with Crippen molar-refractivity contribution in [3.8, 4) is 12.3 Å². The number of hydrogen-bond donors (Lipinski definition) is 0. The molecule has 0 aliphatic heterocycles. The van der Waals surface area contributed by atoms with E-state index in [0.717, 1.165) is 27.8 Å². The Kier molecular flexibility index (Phi) is 11.3. The van der Waals surface area contributed by atoms with E-state index in [9.17, 15) is 8.42 Å². The van der Waals surface area contributed by atoms with E-state index in [2.05, 4.69) is 5.92 Å². The highest BCUT2D eigenvalue weighted by atomic mass is 32.2. The van der Waals surface area contributed by atoms with Crippen molar-refractivity contribution in [1.82, 2.24) is 0 Å². The van der Waals surface area contributed by atoms with Crippen molar-refractivity contribution < 1.29 is 8.42 Å². The first-order valence-corrected chi connectivity index (χ1v) is 16.2. The molecule has 0 saturated carbocycles. The third-order valence-corrected chi connectivity index (χ3v) is 9.54. The van der Waals surface area contributed by atoms with Crippen LogP contribution in [0.1, 0.15) is 55.0 Å². The van der Waals surface area contributed by atoms with Gasteiger partial charge in [0.05, 0.1) is 0 Å². The van der Waals surface area contributed by atoms with Crippen molar-refractivity contribution >= 4 is 22.0 Å². The summed E-state index contributed by atoms with van der Waals surface area (Å²) in [5.41, 5.74) is 7.96. The Morgan fingerprint density at radius 1 is 0.523 bits per heavy atom. The normalized spacial score (nSPS) is 12.7. The fourth-order valence-corrected chi connectivity index (χ4v) is 6.65. The van der Waals surface area contributed by atoms with Crippen LogP contribution in [0.15, 0.2) is 146 Å². The Bertz CT molecular complexity index is 1700. The lowest BCUT2D eigenvalue weighted by Crippen LogP contribution is -2.19. The molecule has 5 rings (SSSR count). The van der Waals surface area contributed by atoms with Crippen LogP contribution in [0.3, 0.4) is 0 Å². The Morgan fingerprint density at radius 2 is 0.864 bits per heavy atom. The molecule has 0 aliphatic carbocycles. The average Bonchev–Trinajstić information content (AvgIpc) is 3.04. The Hall–Kier alpha value is -4.91. The lowest BCUT2D eigenvalue weighted by molar-refractivity contribution is 0.584. The predicted octanol–water partition coefficient (Wildman–Crippen LogP) is 9.90. The predicted molar refractivity (Wildman–Crippen MR) is 187 cm³/mol. The molecule has 2 atom stereocenters. The first kappa shape index (κ1) is 32.0. The highest BCUT2D eigenvalue weighted by molar-refractivity contribution is 7.92. The summed E-state index contributed by atoms with van der Waals surface area (Å²) >= 11 is 0. The van der Waals surface area contributed by atoms with Gasteiger partial charge in [-0.15, -0.1) is 6.42 Å². The third-order valence-electron chi connectivity index (χ3n) is 7.26. The second-order valence-electron chi connectivity index (χ2n) is 10.8. The van der Waals surface area contributed by atoms with Gasteiger partial charge in [0.15, 0.2) is 9.84 Å². The maximum atomic E-state index is 14.3. The molecule has 2 nitrogen and oxygen atoms in total. The van der Waals surface area contributed by atoms with Gasteiger partial charge in [0.2, 0.25) is 0 Å². The number of rotatable bonds is 8. The zero-order valence-corrected chi connectivity index (χ0v) is 26.3. The molecule has 0 aliphatic rings. The smallest absolute Gasteiger partial charge is 0.171 e. The van der Waals surface area contributed by atoms with E-state index in [1.165, 1.54) is 16.7 Å². The zero-order chi connectivity index (χ0) is 31.4. The van der Waals surface area contributed by atoms with Crippen molar-refractivity contribution in [1.29, 1.82) is 0 Å². The molecule has 0 aromatic heterocycles. The van der Waals surface area contributed by atoms with E-state index >= 15 is 0 Å². The summed E-state index contributed by atoms with van der Waals surface area (Å²) < 4.78 is 28.6. The van der Waals surface area contributed by atoms with Crippen LogP contribution in [0, 0.1) is 33.1 Å². The summed E-state index contributed by atoms with van der Waals surface area (Å²) in [7, 11) is -3.70. The molecule has 0 heterocycles. The van der Waals surface area contributed by atoms with Crippen molar-refractivity contribution in [3.63, 3.8) is 0 Å². The van der Waals surface area contributed by atoms with Crippen LogP contribution >= 0.6 is 0 Å². The van der Waals surface area contributed by atoms with Gasteiger partial charge in [0, 0.05) is 5.56 Å². The summed E-state index contributed by atoms with van der Waals surface area (Å²) in [6.07, 6.45) is 12.6. The van der Waals surface area contributed by atoms with Crippen molar-refractivity contribution in [3.05, 3.63) is 190 Å². The maximum absolute atomic E-state index is 14.3. The van der Waals surface area contributed by atoms with Crippen LogP contribution in [0.2, 0.25) is 0 Å². The van der Waals surface area contributed by atoms with Gasteiger partial charge >= 0.3 is 0 Å². The Balaban J connectivity index is 0.000000421. The molecule has 0 bridgehead atoms. The molecule has 0 fully saturated rings. The second-order valence-corrected chi connectivity index (χ2v) is 13.0. The highest BCUT2D eigenvalue weighted by Gasteiger charge is 2.33. The Morgan fingerprint density at radius 3 is 1.20 bits per heavy atom. The summed E-state index contributed by atoms with van der Waals surface area (Å²) in [5.74, 6) is 2.55. The molecule has 5 aromatic rings. The topological polar surface area (TPSA) is 34.1 Å². The number of aryl methyl sites for hydroxylation is 3. The minimum absolute atomic E-state index is 0.750. The van der Waals surface area contributed by atoms with E-state index in [4.69, 9.17) is 6.42 Å². The first-order chi connectivity index (χ1) is 21.3. The van der Waals surface area contributed by atoms with Crippen LogP contribution in [-0.4, -0.2) is 8.42 Å². The molecule has 0 N–H and O–H groups in total. The van der Waals surface area contributed by atoms with Gasteiger partial charge in [-0.2, -0.15) is 0 Å². The van der Waals surface area contributed by atoms with Crippen LogP contribution in [0.5, 0.6) is 0 Å².